The largest absolute Gasteiger partial charge is 0.406 e. The zero-order chi connectivity index (χ0) is 18.4. The van der Waals surface area contributed by atoms with Gasteiger partial charge in [-0.15, -0.1) is 16.6 Å². The number of aromatic nitrogens is 4. The van der Waals surface area contributed by atoms with Gasteiger partial charge in [-0.05, 0) is 19.1 Å². The number of thioether (sulfide) groups is 1. The van der Waals surface area contributed by atoms with Crippen LogP contribution in [-0.2, 0) is 11.3 Å². The number of hydrogen-bond acceptors (Lipinski definition) is 5. The van der Waals surface area contributed by atoms with E-state index in [1.54, 1.807) is 6.92 Å². The molecule has 0 saturated heterocycles. The SMILES string of the molecule is C#CCNC(=O)[C@H](C)Sc1nnc(-c2ccncc2)n1CC(F)(F)F. The molecule has 1 N–H and O–H groups in total. The summed E-state index contributed by atoms with van der Waals surface area (Å²) in [4.78, 5) is 15.7. The van der Waals surface area contributed by atoms with E-state index < -0.39 is 23.9 Å². The molecule has 2 heterocycles. The van der Waals surface area contributed by atoms with Gasteiger partial charge in [0.1, 0.15) is 6.54 Å². The van der Waals surface area contributed by atoms with Gasteiger partial charge in [-0.2, -0.15) is 13.2 Å². The van der Waals surface area contributed by atoms with Crippen LogP contribution in [-0.4, -0.2) is 43.6 Å². The molecule has 0 spiro atoms. The van der Waals surface area contributed by atoms with Crippen molar-refractivity contribution in [3.05, 3.63) is 24.5 Å². The summed E-state index contributed by atoms with van der Waals surface area (Å²) in [6, 6.07) is 3.07. The second-order valence-corrected chi connectivity index (χ2v) is 6.23. The third kappa shape index (κ3) is 5.22. The number of amides is 1. The number of nitrogens with zero attached hydrogens (tertiary/aromatic N) is 4. The topological polar surface area (TPSA) is 72.7 Å². The highest BCUT2D eigenvalue weighted by Crippen LogP contribution is 2.30. The fraction of sp³-hybridized carbons (Fsp3) is 0.333. The maximum Gasteiger partial charge on any atom is 0.406 e. The number of halogens is 3. The van der Waals surface area contributed by atoms with E-state index in [1.165, 1.54) is 24.5 Å². The fourth-order valence-corrected chi connectivity index (χ4v) is 2.78. The Kier molecular flexibility index (Phi) is 6.03. The molecule has 6 nitrogen and oxygen atoms in total. The maximum atomic E-state index is 13.0. The Labute approximate surface area is 146 Å². The molecular formula is C15H14F3N5OS. The second kappa shape index (κ2) is 8.02. The lowest BCUT2D eigenvalue weighted by Gasteiger charge is -2.14. The first-order chi connectivity index (χ1) is 11.8. The van der Waals surface area contributed by atoms with Crippen molar-refractivity contribution in [3.63, 3.8) is 0 Å². The van der Waals surface area contributed by atoms with E-state index in [-0.39, 0.29) is 17.5 Å². The monoisotopic (exact) mass is 369 g/mol. The minimum atomic E-state index is -4.46. The average molecular weight is 369 g/mol. The molecule has 0 radical (unpaired) electrons. The van der Waals surface area contributed by atoms with Crippen molar-refractivity contribution in [3.8, 4) is 23.7 Å². The summed E-state index contributed by atoms with van der Waals surface area (Å²) in [5.74, 6) is 1.92. The van der Waals surface area contributed by atoms with Gasteiger partial charge >= 0.3 is 6.18 Å². The molecule has 25 heavy (non-hydrogen) atoms. The lowest BCUT2D eigenvalue weighted by Crippen LogP contribution is -2.31. The number of terminal acetylenes is 1. The standard InChI is InChI=1S/C15H14F3N5OS/c1-3-6-20-13(24)10(2)25-14-22-21-12(11-4-7-19-8-5-11)23(14)9-15(16,17)18/h1,4-5,7-8,10H,6,9H2,2H3,(H,20,24)/t10-/m0/s1. The predicted octanol–water partition coefficient (Wildman–Crippen LogP) is 2.13. The minimum absolute atomic E-state index is 0.00695. The molecule has 0 unspecified atom stereocenters. The summed E-state index contributed by atoms with van der Waals surface area (Å²) in [7, 11) is 0. The van der Waals surface area contributed by atoms with Gasteiger partial charge in [0.25, 0.3) is 0 Å². The van der Waals surface area contributed by atoms with Crippen LogP contribution >= 0.6 is 11.8 Å². The Bertz CT molecular complexity index is 770. The highest BCUT2D eigenvalue weighted by Gasteiger charge is 2.32. The smallest absolute Gasteiger partial charge is 0.344 e. The molecule has 0 saturated carbocycles. The van der Waals surface area contributed by atoms with Gasteiger partial charge in [0.2, 0.25) is 5.91 Å². The maximum absolute atomic E-state index is 13.0. The number of rotatable bonds is 6. The molecule has 0 bridgehead atoms. The molecule has 0 aliphatic heterocycles. The zero-order valence-corrected chi connectivity index (χ0v) is 13.9. The molecule has 2 aromatic heterocycles. The van der Waals surface area contributed by atoms with Crippen molar-refractivity contribution in [2.24, 2.45) is 0 Å². The third-order valence-electron chi connectivity index (χ3n) is 3.01. The van der Waals surface area contributed by atoms with Crippen LogP contribution < -0.4 is 5.32 Å². The van der Waals surface area contributed by atoms with Crippen molar-refractivity contribution in [2.45, 2.75) is 30.1 Å². The van der Waals surface area contributed by atoms with Gasteiger partial charge in [0.15, 0.2) is 11.0 Å². The molecule has 2 aromatic rings. The van der Waals surface area contributed by atoms with E-state index in [0.717, 1.165) is 16.3 Å². The Morgan fingerprint density at radius 2 is 2.08 bits per heavy atom. The first-order valence-corrected chi connectivity index (χ1v) is 7.98. The van der Waals surface area contributed by atoms with Crippen LogP contribution in [0.1, 0.15) is 6.92 Å². The molecule has 2 rings (SSSR count). The summed E-state index contributed by atoms with van der Waals surface area (Å²) < 4.78 is 39.8. The van der Waals surface area contributed by atoms with Crippen LogP contribution in [0.5, 0.6) is 0 Å². The molecule has 0 aliphatic carbocycles. The van der Waals surface area contributed by atoms with Crippen molar-refractivity contribution in [1.82, 2.24) is 25.1 Å². The summed E-state index contributed by atoms with van der Waals surface area (Å²) in [6.07, 6.45) is 3.50. The Hall–Kier alpha value is -2.54. The molecule has 1 atom stereocenters. The number of pyridine rings is 1. The van der Waals surface area contributed by atoms with Gasteiger partial charge in [0.05, 0.1) is 11.8 Å². The number of nitrogens with one attached hydrogen (secondary N) is 1. The van der Waals surface area contributed by atoms with E-state index in [2.05, 4.69) is 26.4 Å². The van der Waals surface area contributed by atoms with Crippen LogP contribution in [0, 0.1) is 12.3 Å². The van der Waals surface area contributed by atoms with E-state index in [4.69, 9.17) is 6.42 Å². The van der Waals surface area contributed by atoms with Crippen molar-refractivity contribution in [1.29, 1.82) is 0 Å². The normalized spacial score (nSPS) is 12.4. The molecular weight excluding hydrogens is 355 g/mol. The minimum Gasteiger partial charge on any atom is -0.344 e. The van der Waals surface area contributed by atoms with Gasteiger partial charge in [-0.25, -0.2) is 0 Å². The summed E-state index contributed by atoms with van der Waals surface area (Å²) >= 11 is 0.878. The fourth-order valence-electron chi connectivity index (χ4n) is 1.91. The van der Waals surface area contributed by atoms with E-state index >= 15 is 0 Å². The lowest BCUT2D eigenvalue weighted by atomic mass is 10.2. The molecule has 132 valence electrons. The van der Waals surface area contributed by atoms with Gasteiger partial charge < -0.3 is 5.32 Å². The number of carbonyl (C=O) groups is 1. The van der Waals surface area contributed by atoms with Gasteiger partial charge in [-0.3, -0.25) is 14.3 Å². The molecule has 0 aliphatic rings. The van der Waals surface area contributed by atoms with Crippen molar-refractivity contribution < 1.29 is 18.0 Å². The lowest BCUT2D eigenvalue weighted by molar-refractivity contribution is -0.141. The second-order valence-electron chi connectivity index (χ2n) is 4.93. The van der Waals surface area contributed by atoms with Crippen LogP contribution in [0.25, 0.3) is 11.4 Å². The average Bonchev–Trinajstić information content (AvgIpc) is 2.94. The Morgan fingerprint density at radius 3 is 2.68 bits per heavy atom. The molecule has 1 amide bonds. The van der Waals surface area contributed by atoms with Crippen molar-refractivity contribution >= 4 is 17.7 Å². The number of alkyl halides is 3. The number of hydrogen-bond donors (Lipinski definition) is 1. The zero-order valence-electron chi connectivity index (χ0n) is 13.1. The molecule has 10 heteroatoms. The van der Waals surface area contributed by atoms with Gasteiger partial charge in [0, 0.05) is 18.0 Å². The van der Waals surface area contributed by atoms with Crippen LogP contribution in [0.15, 0.2) is 29.7 Å². The van der Waals surface area contributed by atoms with E-state index in [0.29, 0.717) is 5.56 Å². The van der Waals surface area contributed by atoms with Crippen LogP contribution in [0.2, 0.25) is 0 Å². The highest BCUT2D eigenvalue weighted by atomic mass is 32.2. The Balaban J connectivity index is 2.30. The third-order valence-corrected chi connectivity index (χ3v) is 4.09. The van der Waals surface area contributed by atoms with Gasteiger partial charge in [-0.1, -0.05) is 17.7 Å². The Morgan fingerprint density at radius 1 is 1.40 bits per heavy atom. The summed E-state index contributed by atoms with van der Waals surface area (Å²) in [5.41, 5.74) is 0.447. The predicted molar refractivity (Wildman–Crippen MR) is 86.5 cm³/mol. The summed E-state index contributed by atoms with van der Waals surface area (Å²) in [6.45, 7) is 0.329. The van der Waals surface area contributed by atoms with E-state index in [9.17, 15) is 18.0 Å². The summed E-state index contributed by atoms with van der Waals surface area (Å²) in [5, 5.41) is 9.44. The number of carbonyl (C=O) groups excluding carboxylic acids is 1. The van der Waals surface area contributed by atoms with E-state index in [1.807, 2.05) is 0 Å². The quantitative estimate of drug-likeness (QED) is 0.624. The van der Waals surface area contributed by atoms with Crippen LogP contribution in [0.3, 0.4) is 0 Å². The first kappa shape index (κ1) is 18.8. The van der Waals surface area contributed by atoms with Crippen molar-refractivity contribution in [2.75, 3.05) is 6.54 Å². The molecule has 0 fully saturated rings. The molecule has 0 aromatic carbocycles. The highest BCUT2D eigenvalue weighted by molar-refractivity contribution is 8.00. The van der Waals surface area contributed by atoms with Crippen LogP contribution in [0.4, 0.5) is 13.2 Å². The first-order valence-electron chi connectivity index (χ1n) is 7.10.